The molecule has 118 valence electrons. The zero-order valence-electron chi connectivity index (χ0n) is 12.0. The number of nitrogens with two attached hydrogens (primary N) is 1. The minimum absolute atomic E-state index is 0.266. The second-order valence-electron chi connectivity index (χ2n) is 5.36. The van der Waals surface area contributed by atoms with Gasteiger partial charge < -0.3 is 5.73 Å². The second-order valence-corrected chi connectivity index (χ2v) is 7.11. The Hall–Kier alpha value is -1.02. The summed E-state index contributed by atoms with van der Waals surface area (Å²) in [6.45, 7) is 1.90. The van der Waals surface area contributed by atoms with Gasteiger partial charge >= 0.3 is 0 Å². The highest BCUT2D eigenvalue weighted by molar-refractivity contribution is 7.87. The van der Waals surface area contributed by atoms with E-state index < -0.39 is 10.2 Å². The fourth-order valence-corrected chi connectivity index (χ4v) is 3.73. The first-order valence-electron chi connectivity index (χ1n) is 7.20. The Labute approximate surface area is 125 Å². The predicted octanol–water partition coefficient (Wildman–Crippen LogP) is 0.873. The fourth-order valence-electron chi connectivity index (χ4n) is 2.49. The van der Waals surface area contributed by atoms with Crippen LogP contribution in [0.5, 0.6) is 0 Å². The Kier molecular flexibility index (Phi) is 5.69. The lowest BCUT2D eigenvalue weighted by molar-refractivity contribution is 0.276. The molecule has 3 N–H and O–H groups in total. The van der Waals surface area contributed by atoms with Gasteiger partial charge in [0.1, 0.15) is 5.82 Å². The van der Waals surface area contributed by atoms with Crippen molar-refractivity contribution >= 4 is 10.2 Å². The van der Waals surface area contributed by atoms with Crippen LogP contribution in [0.25, 0.3) is 0 Å². The van der Waals surface area contributed by atoms with Gasteiger partial charge in [0.2, 0.25) is 0 Å². The lowest BCUT2D eigenvalue weighted by Gasteiger charge is -2.30. The summed E-state index contributed by atoms with van der Waals surface area (Å²) in [5, 5.41) is 0. The third-order valence-electron chi connectivity index (χ3n) is 3.83. The van der Waals surface area contributed by atoms with Crippen LogP contribution >= 0.6 is 0 Å². The zero-order valence-corrected chi connectivity index (χ0v) is 12.8. The molecule has 1 saturated heterocycles. The van der Waals surface area contributed by atoms with Crippen LogP contribution < -0.4 is 10.5 Å². The van der Waals surface area contributed by atoms with Crippen molar-refractivity contribution in [3.63, 3.8) is 0 Å². The molecular formula is C14H22FN3O2S. The summed E-state index contributed by atoms with van der Waals surface area (Å²) in [6.07, 6.45) is 2.08. The molecule has 0 atom stereocenters. The number of hydrogen-bond donors (Lipinski definition) is 2. The van der Waals surface area contributed by atoms with Gasteiger partial charge in [0, 0.05) is 19.6 Å². The summed E-state index contributed by atoms with van der Waals surface area (Å²) in [7, 11) is -3.45. The molecule has 5 nitrogen and oxygen atoms in total. The predicted molar refractivity (Wildman–Crippen MR) is 80.4 cm³/mol. The summed E-state index contributed by atoms with van der Waals surface area (Å²) in [4.78, 5) is 0. The molecule has 1 aromatic rings. The van der Waals surface area contributed by atoms with Crippen LogP contribution in [-0.2, 0) is 16.6 Å². The smallest absolute Gasteiger partial charge is 0.279 e. The quantitative estimate of drug-likeness (QED) is 0.818. The summed E-state index contributed by atoms with van der Waals surface area (Å²) in [6, 6.07) is 6.19. The molecule has 0 aromatic heterocycles. The van der Waals surface area contributed by atoms with Gasteiger partial charge in [-0.25, -0.2) is 9.11 Å². The van der Waals surface area contributed by atoms with Gasteiger partial charge in [0.25, 0.3) is 10.2 Å². The summed E-state index contributed by atoms with van der Waals surface area (Å²) in [5.74, 6) is 0.114. The minimum atomic E-state index is -3.45. The maximum absolute atomic E-state index is 13.0. The van der Waals surface area contributed by atoms with Crippen molar-refractivity contribution in [2.45, 2.75) is 19.3 Å². The van der Waals surface area contributed by atoms with E-state index in [1.807, 2.05) is 0 Å². The van der Waals surface area contributed by atoms with E-state index in [2.05, 4.69) is 4.72 Å². The van der Waals surface area contributed by atoms with Crippen LogP contribution in [0.4, 0.5) is 4.39 Å². The number of nitrogens with zero attached hydrogens (tertiary/aromatic N) is 1. The molecule has 0 saturated carbocycles. The van der Waals surface area contributed by atoms with E-state index in [1.54, 1.807) is 12.1 Å². The monoisotopic (exact) mass is 315 g/mol. The molecule has 1 aliphatic rings. The highest BCUT2D eigenvalue weighted by atomic mass is 32.2. The van der Waals surface area contributed by atoms with E-state index in [9.17, 15) is 12.8 Å². The molecule has 0 spiro atoms. The van der Waals surface area contributed by atoms with Gasteiger partial charge in [-0.15, -0.1) is 0 Å². The van der Waals surface area contributed by atoms with Gasteiger partial charge in [-0.3, -0.25) is 0 Å². The third kappa shape index (κ3) is 4.74. The van der Waals surface area contributed by atoms with E-state index in [1.165, 1.54) is 16.4 Å². The van der Waals surface area contributed by atoms with Crippen molar-refractivity contribution < 1.29 is 12.8 Å². The molecule has 0 aliphatic carbocycles. The molecule has 1 aliphatic heterocycles. The summed E-state index contributed by atoms with van der Waals surface area (Å²) >= 11 is 0. The molecule has 0 bridgehead atoms. The van der Waals surface area contributed by atoms with Gasteiger partial charge in [-0.05, 0) is 49.4 Å². The van der Waals surface area contributed by atoms with Gasteiger partial charge in [-0.1, -0.05) is 12.1 Å². The van der Waals surface area contributed by atoms with Gasteiger partial charge in [0.15, 0.2) is 0 Å². The summed E-state index contributed by atoms with van der Waals surface area (Å²) in [5.41, 5.74) is 6.38. The molecule has 21 heavy (non-hydrogen) atoms. The summed E-state index contributed by atoms with van der Waals surface area (Å²) < 4.78 is 41.4. The Morgan fingerprint density at radius 3 is 2.67 bits per heavy atom. The van der Waals surface area contributed by atoms with Crippen molar-refractivity contribution in [2.24, 2.45) is 11.7 Å². The highest BCUT2D eigenvalue weighted by Gasteiger charge is 2.26. The molecule has 2 rings (SSSR count). The van der Waals surface area contributed by atoms with Crippen LogP contribution in [0.2, 0.25) is 0 Å². The standard InChI is InChI=1S/C14H22FN3O2S/c15-14-3-1-2-12(10-14)4-7-17-21(19,20)18-8-5-13(11-16)6-9-18/h1-3,10,13,17H,4-9,11,16H2. The first-order chi connectivity index (χ1) is 10.0. The largest absolute Gasteiger partial charge is 0.330 e. The normalized spacial score (nSPS) is 18.0. The lowest BCUT2D eigenvalue weighted by atomic mass is 9.99. The first-order valence-corrected chi connectivity index (χ1v) is 8.64. The SMILES string of the molecule is NCC1CCN(S(=O)(=O)NCCc2cccc(F)c2)CC1. The molecule has 1 fully saturated rings. The number of rotatable bonds is 6. The molecule has 1 aromatic carbocycles. The van der Waals surface area contributed by atoms with Gasteiger partial charge in [-0.2, -0.15) is 12.7 Å². The number of benzene rings is 1. The van der Waals surface area contributed by atoms with Crippen molar-refractivity contribution in [1.29, 1.82) is 0 Å². The van der Waals surface area contributed by atoms with E-state index in [-0.39, 0.29) is 12.4 Å². The van der Waals surface area contributed by atoms with Crippen LogP contribution in [0.1, 0.15) is 18.4 Å². The Morgan fingerprint density at radius 1 is 1.33 bits per heavy atom. The van der Waals surface area contributed by atoms with Crippen molar-refractivity contribution in [2.75, 3.05) is 26.2 Å². The Bertz CT molecular complexity index is 557. The lowest BCUT2D eigenvalue weighted by Crippen LogP contribution is -2.46. The van der Waals surface area contributed by atoms with Crippen molar-refractivity contribution in [3.05, 3.63) is 35.6 Å². The van der Waals surface area contributed by atoms with E-state index in [4.69, 9.17) is 5.73 Å². The van der Waals surface area contributed by atoms with Crippen LogP contribution in [0.3, 0.4) is 0 Å². The number of halogens is 1. The molecule has 0 radical (unpaired) electrons. The van der Waals surface area contributed by atoms with E-state index in [0.717, 1.165) is 18.4 Å². The topological polar surface area (TPSA) is 75.4 Å². The van der Waals surface area contributed by atoms with Crippen LogP contribution in [0.15, 0.2) is 24.3 Å². The molecule has 1 heterocycles. The zero-order chi connectivity index (χ0) is 15.3. The maximum atomic E-state index is 13.0. The first kappa shape index (κ1) is 16.4. The number of piperidine rings is 1. The molecule has 0 unspecified atom stereocenters. The Balaban J connectivity index is 1.82. The van der Waals surface area contributed by atoms with Gasteiger partial charge in [0.05, 0.1) is 0 Å². The molecule has 7 heteroatoms. The van der Waals surface area contributed by atoms with Crippen LogP contribution in [-0.4, -0.2) is 38.9 Å². The average Bonchev–Trinajstić information content (AvgIpc) is 2.47. The van der Waals surface area contributed by atoms with Crippen molar-refractivity contribution in [1.82, 2.24) is 9.03 Å². The molecule has 0 amide bonds. The Morgan fingerprint density at radius 2 is 2.05 bits per heavy atom. The fraction of sp³-hybridized carbons (Fsp3) is 0.571. The highest BCUT2D eigenvalue weighted by Crippen LogP contribution is 2.17. The second kappa shape index (κ2) is 7.31. The minimum Gasteiger partial charge on any atom is -0.330 e. The average molecular weight is 315 g/mol. The maximum Gasteiger partial charge on any atom is 0.279 e. The van der Waals surface area contributed by atoms with Crippen molar-refractivity contribution in [3.8, 4) is 0 Å². The third-order valence-corrected chi connectivity index (χ3v) is 5.45. The molecular weight excluding hydrogens is 293 g/mol. The number of nitrogens with one attached hydrogen (secondary N) is 1. The number of hydrogen-bond acceptors (Lipinski definition) is 3. The van der Waals surface area contributed by atoms with E-state index in [0.29, 0.717) is 32.0 Å². The van der Waals surface area contributed by atoms with Crippen LogP contribution in [0, 0.1) is 11.7 Å². The van der Waals surface area contributed by atoms with E-state index >= 15 is 0 Å².